The highest BCUT2D eigenvalue weighted by Crippen LogP contribution is 2.38. The molecule has 3 rings (SSSR count). The van der Waals surface area contributed by atoms with Gasteiger partial charge in [0.1, 0.15) is 0 Å². The predicted molar refractivity (Wildman–Crippen MR) is 59.9 cm³/mol. The normalized spacial score (nSPS) is 15.2. The largest absolute Gasteiger partial charge is 0.398 e. The molecule has 4 nitrogen and oxygen atoms in total. The zero-order chi connectivity index (χ0) is 11.0. The number of nitrogens with zero attached hydrogens (tertiary/aromatic N) is 2. The number of benzene rings is 1. The molecule has 0 atom stereocenters. The van der Waals surface area contributed by atoms with Gasteiger partial charge in [-0.3, -0.25) is 0 Å². The van der Waals surface area contributed by atoms with Crippen molar-refractivity contribution in [2.24, 2.45) is 0 Å². The summed E-state index contributed by atoms with van der Waals surface area (Å²) in [6.07, 6.45) is 2.99. The van der Waals surface area contributed by atoms with Crippen molar-refractivity contribution in [2.75, 3.05) is 5.73 Å². The molecule has 1 aromatic carbocycles. The lowest BCUT2D eigenvalue weighted by Gasteiger charge is -2.00. The highest BCUT2D eigenvalue weighted by molar-refractivity contribution is 5.47. The fourth-order valence-electron chi connectivity index (χ4n) is 1.71. The number of para-hydroxylation sites is 1. The van der Waals surface area contributed by atoms with Crippen molar-refractivity contribution < 1.29 is 4.52 Å². The van der Waals surface area contributed by atoms with E-state index in [1.54, 1.807) is 0 Å². The van der Waals surface area contributed by atoms with Crippen molar-refractivity contribution in [1.29, 1.82) is 0 Å². The molecule has 0 saturated heterocycles. The summed E-state index contributed by atoms with van der Waals surface area (Å²) in [5.41, 5.74) is 7.67. The van der Waals surface area contributed by atoms with Gasteiger partial charge < -0.3 is 10.3 Å². The van der Waals surface area contributed by atoms with E-state index >= 15 is 0 Å². The maximum Gasteiger partial charge on any atom is 0.231 e. The van der Waals surface area contributed by atoms with Crippen LogP contribution in [-0.4, -0.2) is 10.1 Å². The van der Waals surface area contributed by atoms with E-state index in [-0.39, 0.29) is 0 Å². The van der Waals surface area contributed by atoms with Crippen molar-refractivity contribution in [3.63, 3.8) is 0 Å². The lowest BCUT2D eigenvalue weighted by Crippen LogP contribution is -1.95. The summed E-state index contributed by atoms with van der Waals surface area (Å²) in [6.45, 7) is 0. The average molecular weight is 215 g/mol. The molecule has 82 valence electrons. The lowest BCUT2D eigenvalue weighted by molar-refractivity contribution is 0.379. The molecule has 1 heterocycles. The fraction of sp³-hybridized carbons (Fsp3) is 0.333. The van der Waals surface area contributed by atoms with Crippen LogP contribution in [0.15, 0.2) is 28.8 Å². The molecule has 1 fully saturated rings. The van der Waals surface area contributed by atoms with Crippen LogP contribution in [0.2, 0.25) is 0 Å². The molecule has 1 aliphatic carbocycles. The standard InChI is InChI=1S/C12H13N3O/c13-10-4-2-1-3-9(10)7-11-14-12(15-16-11)8-5-6-8/h1-4,8H,5-7,13H2. The summed E-state index contributed by atoms with van der Waals surface area (Å²) < 4.78 is 5.21. The Morgan fingerprint density at radius 2 is 2.12 bits per heavy atom. The third-order valence-electron chi connectivity index (χ3n) is 2.82. The third-order valence-corrected chi connectivity index (χ3v) is 2.82. The predicted octanol–water partition coefficient (Wildman–Crippen LogP) is 2.12. The van der Waals surface area contributed by atoms with Gasteiger partial charge in [-0.15, -0.1) is 0 Å². The van der Waals surface area contributed by atoms with Crippen molar-refractivity contribution in [3.05, 3.63) is 41.5 Å². The van der Waals surface area contributed by atoms with E-state index in [9.17, 15) is 0 Å². The van der Waals surface area contributed by atoms with Gasteiger partial charge in [0, 0.05) is 11.6 Å². The fourth-order valence-corrected chi connectivity index (χ4v) is 1.71. The molecule has 0 unspecified atom stereocenters. The number of hydrogen-bond donors (Lipinski definition) is 1. The minimum Gasteiger partial charge on any atom is -0.398 e. The van der Waals surface area contributed by atoms with Gasteiger partial charge >= 0.3 is 0 Å². The molecule has 0 aliphatic heterocycles. The Hall–Kier alpha value is -1.84. The molecular weight excluding hydrogens is 202 g/mol. The Kier molecular flexibility index (Phi) is 2.13. The first kappa shape index (κ1) is 9.39. The Morgan fingerprint density at radius 3 is 2.88 bits per heavy atom. The molecule has 1 aliphatic rings. The Balaban J connectivity index is 1.80. The van der Waals surface area contributed by atoms with E-state index in [4.69, 9.17) is 10.3 Å². The highest BCUT2D eigenvalue weighted by atomic mass is 16.5. The molecule has 0 bridgehead atoms. The Labute approximate surface area is 93.5 Å². The van der Waals surface area contributed by atoms with Crippen LogP contribution in [-0.2, 0) is 6.42 Å². The third kappa shape index (κ3) is 1.78. The van der Waals surface area contributed by atoms with Crippen LogP contribution in [0.25, 0.3) is 0 Å². The van der Waals surface area contributed by atoms with Crippen molar-refractivity contribution >= 4 is 5.69 Å². The number of rotatable bonds is 3. The first-order chi connectivity index (χ1) is 7.83. The number of nitrogen functional groups attached to an aromatic ring is 1. The van der Waals surface area contributed by atoms with E-state index in [1.807, 2.05) is 24.3 Å². The first-order valence-electron chi connectivity index (χ1n) is 5.49. The molecule has 2 aromatic rings. The molecule has 16 heavy (non-hydrogen) atoms. The number of hydrogen-bond acceptors (Lipinski definition) is 4. The Bertz CT molecular complexity index is 502. The van der Waals surface area contributed by atoms with Gasteiger partial charge in [0.05, 0.1) is 6.42 Å². The quantitative estimate of drug-likeness (QED) is 0.796. The molecule has 1 saturated carbocycles. The zero-order valence-corrected chi connectivity index (χ0v) is 8.89. The van der Waals surface area contributed by atoms with E-state index in [0.717, 1.165) is 17.1 Å². The molecule has 0 radical (unpaired) electrons. The van der Waals surface area contributed by atoms with Gasteiger partial charge in [0.2, 0.25) is 5.89 Å². The second kappa shape index (κ2) is 3.63. The SMILES string of the molecule is Nc1ccccc1Cc1nc(C2CC2)no1. The second-order valence-electron chi connectivity index (χ2n) is 4.20. The molecule has 2 N–H and O–H groups in total. The number of aromatic nitrogens is 2. The van der Waals surface area contributed by atoms with Gasteiger partial charge in [-0.25, -0.2) is 0 Å². The monoisotopic (exact) mass is 215 g/mol. The lowest BCUT2D eigenvalue weighted by atomic mass is 10.1. The van der Waals surface area contributed by atoms with E-state index < -0.39 is 0 Å². The van der Waals surface area contributed by atoms with Crippen molar-refractivity contribution in [3.8, 4) is 0 Å². The Morgan fingerprint density at radius 1 is 1.31 bits per heavy atom. The summed E-state index contributed by atoms with van der Waals surface area (Å²) in [5, 5.41) is 3.98. The van der Waals surface area contributed by atoms with Gasteiger partial charge in [0.15, 0.2) is 5.82 Å². The molecule has 1 aromatic heterocycles. The van der Waals surface area contributed by atoms with Crippen LogP contribution in [0.4, 0.5) is 5.69 Å². The topological polar surface area (TPSA) is 64.9 Å². The number of anilines is 1. The van der Waals surface area contributed by atoms with Crippen LogP contribution in [0.1, 0.15) is 36.0 Å². The van der Waals surface area contributed by atoms with Gasteiger partial charge in [-0.2, -0.15) is 4.98 Å². The maximum absolute atomic E-state index is 5.86. The maximum atomic E-state index is 5.86. The van der Waals surface area contributed by atoms with Gasteiger partial charge in [0.25, 0.3) is 0 Å². The highest BCUT2D eigenvalue weighted by Gasteiger charge is 2.28. The van der Waals surface area contributed by atoms with E-state index in [1.165, 1.54) is 12.8 Å². The summed E-state index contributed by atoms with van der Waals surface area (Å²) in [5.74, 6) is 2.04. The first-order valence-corrected chi connectivity index (χ1v) is 5.49. The summed E-state index contributed by atoms with van der Waals surface area (Å²) in [4.78, 5) is 4.38. The van der Waals surface area contributed by atoms with Gasteiger partial charge in [-0.1, -0.05) is 23.4 Å². The van der Waals surface area contributed by atoms with Crippen molar-refractivity contribution in [1.82, 2.24) is 10.1 Å². The van der Waals surface area contributed by atoms with Crippen LogP contribution in [0, 0.1) is 0 Å². The molecule has 4 heteroatoms. The van der Waals surface area contributed by atoms with Crippen LogP contribution in [0.5, 0.6) is 0 Å². The van der Waals surface area contributed by atoms with Crippen LogP contribution >= 0.6 is 0 Å². The van der Waals surface area contributed by atoms with Crippen LogP contribution in [0.3, 0.4) is 0 Å². The second-order valence-corrected chi connectivity index (χ2v) is 4.20. The summed E-state index contributed by atoms with van der Waals surface area (Å²) >= 11 is 0. The minimum atomic E-state index is 0.533. The molecule has 0 amide bonds. The number of nitrogens with two attached hydrogens (primary N) is 1. The van der Waals surface area contributed by atoms with E-state index in [2.05, 4.69) is 10.1 Å². The minimum absolute atomic E-state index is 0.533. The summed E-state index contributed by atoms with van der Waals surface area (Å²) in [6, 6.07) is 7.75. The van der Waals surface area contributed by atoms with Crippen LogP contribution < -0.4 is 5.73 Å². The zero-order valence-electron chi connectivity index (χ0n) is 8.89. The molecule has 0 spiro atoms. The van der Waals surface area contributed by atoms with E-state index in [0.29, 0.717) is 18.2 Å². The average Bonchev–Trinajstić information content (AvgIpc) is 3.03. The van der Waals surface area contributed by atoms with Crippen molar-refractivity contribution in [2.45, 2.75) is 25.2 Å². The van der Waals surface area contributed by atoms with Gasteiger partial charge in [-0.05, 0) is 24.5 Å². The smallest absolute Gasteiger partial charge is 0.231 e. The molecular formula is C12H13N3O. The summed E-state index contributed by atoms with van der Waals surface area (Å²) in [7, 11) is 0.